The molecular formula is C19H21ClN2O3. The van der Waals surface area contributed by atoms with Gasteiger partial charge in [0, 0.05) is 37.2 Å². The molecular weight excluding hydrogens is 340 g/mol. The van der Waals surface area contributed by atoms with Crippen molar-refractivity contribution in [3.05, 3.63) is 65.1 Å². The number of furan rings is 1. The number of nitrogens with zero attached hydrogens (tertiary/aromatic N) is 1. The first-order chi connectivity index (χ1) is 12.1. The summed E-state index contributed by atoms with van der Waals surface area (Å²) >= 11 is 6.14. The fourth-order valence-electron chi connectivity index (χ4n) is 2.26. The molecule has 6 heteroatoms. The number of halogens is 1. The highest BCUT2D eigenvalue weighted by molar-refractivity contribution is 6.31. The van der Waals surface area contributed by atoms with Gasteiger partial charge in [-0.25, -0.2) is 0 Å². The van der Waals surface area contributed by atoms with Crippen molar-refractivity contribution < 1.29 is 14.0 Å². The van der Waals surface area contributed by atoms with Crippen LogP contribution in [0.2, 0.25) is 5.02 Å². The Labute approximate surface area is 152 Å². The van der Waals surface area contributed by atoms with E-state index >= 15 is 0 Å². The molecule has 0 aliphatic heterocycles. The quantitative estimate of drug-likeness (QED) is 0.733. The third kappa shape index (κ3) is 6.12. The molecule has 1 N–H and O–H groups in total. The van der Waals surface area contributed by atoms with Crippen LogP contribution in [0.4, 0.5) is 0 Å². The maximum atomic E-state index is 12.3. The minimum absolute atomic E-state index is 0.0299. The number of carbonyl (C=O) groups is 2. The van der Waals surface area contributed by atoms with Gasteiger partial charge in [0.15, 0.2) is 0 Å². The lowest BCUT2D eigenvalue weighted by atomic mass is 10.2. The average molecular weight is 361 g/mol. The Hall–Kier alpha value is -2.53. The number of nitrogens with one attached hydrogen (secondary N) is 1. The second-order valence-electron chi connectivity index (χ2n) is 5.39. The topological polar surface area (TPSA) is 62.6 Å². The van der Waals surface area contributed by atoms with Crippen LogP contribution in [0, 0.1) is 0 Å². The first-order valence-corrected chi connectivity index (χ1v) is 8.48. The molecule has 0 bridgehead atoms. The predicted molar refractivity (Wildman–Crippen MR) is 97.9 cm³/mol. The van der Waals surface area contributed by atoms with Gasteiger partial charge >= 0.3 is 0 Å². The maximum Gasteiger partial charge on any atom is 0.244 e. The van der Waals surface area contributed by atoms with Crippen molar-refractivity contribution in [2.75, 3.05) is 13.1 Å². The molecule has 0 saturated carbocycles. The SMILES string of the molecule is CCN(Cc1ccccc1Cl)C(=O)CCNC(=O)/C=C/c1ccco1. The second-order valence-corrected chi connectivity index (χ2v) is 5.80. The average Bonchev–Trinajstić information content (AvgIpc) is 3.12. The lowest BCUT2D eigenvalue weighted by molar-refractivity contribution is -0.131. The monoisotopic (exact) mass is 360 g/mol. The molecule has 1 aromatic heterocycles. The number of rotatable bonds is 8. The van der Waals surface area contributed by atoms with E-state index in [-0.39, 0.29) is 24.8 Å². The summed E-state index contributed by atoms with van der Waals surface area (Å²) in [5.41, 5.74) is 0.907. The van der Waals surface area contributed by atoms with Crippen molar-refractivity contribution >= 4 is 29.5 Å². The maximum absolute atomic E-state index is 12.3. The van der Waals surface area contributed by atoms with Crippen LogP contribution >= 0.6 is 11.6 Å². The van der Waals surface area contributed by atoms with Gasteiger partial charge in [-0.2, -0.15) is 0 Å². The molecule has 0 unspecified atom stereocenters. The highest BCUT2D eigenvalue weighted by Crippen LogP contribution is 2.17. The van der Waals surface area contributed by atoms with Crippen LogP contribution in [0.15, 0.2) is 53.2 Å². The summed E-state index contributed by atoms with van der Waals surface area (Å²) in [7, 11) is 0. The van der Waals surface area contributed by atoms with Crippen LogP contribution in [0.3, 0.4) is 0 Å². The molecule has 0 saturated heterocycles. The van der Waals surface area contributed by atoms with Gasteiger partial charge in [-0.3, -0.25) is 9.59 Å². The van der Waals surface area contributed by atoms with E-state index in [4.69, 9.17) is 16.0 Å². The van der Waals surface area contributed by atoms with Crippen LogP contribution < -0.4 is 5.32 Å². The molecule has 0 radical (unpaired) electrons. The Morgan fingerprint density at radius 3 is 2.72 bits per heavy atom. The van der Waals surface area contributed by atoms with Crippen molar-refractivity contribution in [2.45, 2.75) is 19.9 Å². The van der Waals surface area contributed by atoms with E-state index in [9.17, 15) is 9.59 Å². The minimum atomic E-state index is -0.265. The van der Waals surface area contributed by atoms with Crippen LogP contribution in [0.1, 0.15) is 24.7 Å². The molecule has 0 aliphatic rings. The standard InChI is InChI=1S/C19H21ClN2O3/c1-2-22(14-15-6-3-4-8-17(15)20)19(24)11-12-21-18(23)10-9-16-7-5-13-25-16/h3-10,13H,2,11-12,14H2,1H3,(H,21,23)/b10-9+. The van der Waals surface area contributed by atoms with Gasteiger partial charge in [0.25, 0.3) is 0 Å². The van der Waals surface area contributed by atoms with E-state index in [0.717, 1.165) is 5.56 Å². The molecule has 1 heterocycles. The Kier molecular flexibility index (Phi) is 7.29. The van der Waals surface area contributed by atoms with Crippen LogP contribution in [-0.2, 0) is 16.1 Å². The Morgan fingerprint density at radius 1 is 1.24 bits per heavy atom. The number of benzene rings is 1. The van der Waals surface area contributed by atoms with Gasteiger partial charge in [0.2, 0.25) is 11.8 Å². The van der Waals surface area contributed by atoms with Gasteiger partial charge in [-0.05, 0) is 36.8 Å². The lowest BCUT2D eigenvalue weighted by Gasteiger charge is -2.21. The molecule has 1 aromatic carbocycles. The molecule has 0 atom stereocenters. The van der Waals surface area contributed by atoms with E-state index < -0.39 is 0 Å². The summed E-state index contributed by atoms with van der Waals surface area (Å²) in [4.78, 5) is 25.7. The largest absolute Gasteiger partial charge is 0.465 e. The van der Waals surface area contributed by atoms with Crippen molar-refractivity contribution in [1.82, 2.24) is 10.2 Å². The predicted octanol–water partition coefficient (Wildman–Crippen LogP) is 3.50. The summed E-state index contributed by atoms with van der Waals surface area (Å²) in [5.74, 6) is 0.305. The zero-order valence-corrected chi connectivity index (χ0v) is 14.8. The van der Waals surface area contributed by atoms with Crippen molar-refractivity contribution in [3.63, 3.8) is 0 Å². The lowest BCUT2D eigenvalue weighted by Crippen LogP contribution is -2.33. The summed E-state index contributed by atoms with van der Waals surface area (Å²) in [5, 5.41) is 3.33. The number of carbonyl (C=O) groups excluding carboxylic acids is 2. The molecule has 2 amide bonds. The number of hydrogen-bond donors (Lipinski definition) is 1. The summed E-state index contributed by atoms with van der Waals surface area (Å²) in [6.45, 7) is 3.23. The normalized spacial score (nSPS) is 10.8. The molecule has 0 aliphatic carbocycles. The Bertz CT molecular complexity index is 726. The molecule has 0 spiro atoms. The molecule has 2 rings (SSSR count). The zero-order valence-electron chi connectivity index (χ0n) is 14.1. The minimum Gasteiger partial charge on any atom is -0.465 e. The van der Waals surface area contributed by atoms with Gasteiger partial charge in [0.05, 0.1) is 6.26 Å². The Morgan fingerprint density at radius 2 is 2.04 bits per heavy atom. The Balaban J connectivity index is 1.78. The third-order valence-corrected chi connectivity index (χ3v) is 4.00. The van der Waals surface area contributed by atoms with Gasteiger partial charge in [-0.15, -0.1) is 0 Å². The van der Waals surface area contributed by atoms with Crippen molar-refractivity contribution in [3.8, 4) is 0 Å². The summed E-state index contributed by atoms with van der Waals surface area (Å²) in [6.07, 6.45) is 4.73. The number of amides is 2. The highest BCUT2D eigenvalue weighted by atomic mass is 35.5. The van der Waals surface area contributed by atoms with Crippen molar-refractivity contribution in [1.29, 1.82) is 0 Å². The molecule has 2 aromatic rings. The van der Waals surface area contributed by atoms with E-state index in [1.165, 1.54) is 12.3 Å². The van der Waals surface area contributed by atoms with Crippen LogP contribution in [0.5, 0.6) is 0 Å². The van der Waals surface area contributed by atoms with Gasteiger partial charge in [0.1, 0.15) is 5.76 Å². The first-order valence-electron chi connectivity index (χ1n) is 8.10. The van der Waals surface area contributed by atoms with Crippen molar-refractivity contribution in [2.24, 2.45) is 0 Å². The fourth-order valence-corrected chi connectivity index (χ4v) is 2.46. The van der Waals surface area contributed by atoms with Crippen LogP contribution in [0.25, 0.3) is 6.08 Å². The van der Waals surface area contributed by atoms with E-state index in [0.29, 0.717) is 23.9 Å². The molecule has 25 heavy (non-hydrogen) atoms. The zero-order chi connectivity index (χ0) is 18.1. The third-order valence-electron chi connectivity index (χ3n) is 3.63. The molecule has 5 nitrogen and oxygen atoms in total. The van der Waals surface area contributed by atoms with Crippen LogP contribution in [-0.4, -0.2) is 29.8 Å². The fraction of sp³-hybridized carbons (Fsp3) is 0.263. The first kappa shape index (κ1) is 18.8. The molecule has 132 valence electrons. The summed E-state index contributed by atoms with van der Waals surface area (Å²) in [6, 6.07) is 11.0. The smallest absolute Gasteiger partial charge is 0.244 e. The highest BCUT2D eigenvalue weighted by Gasteiger charge is 2.13. The summed E-state index contributed by atoms with van der Waals surface area (Å²) < 4.78 is 5.10. The van der Waals surface area contributed by atoms with Gasteiger partial charge < -0.3 is 14.6 Å². The molecule has 0 fully saturated rings. The van der Waals surface area contributed by atoms with E-state index in [1.54, 1.807) is 29.2 Å². The van der Waals surface area contributed by atoms with E-state index in [2.05, 4.69) is 5.32 Å². The number of hydrogen-bond acceptors (Lipinski definition) is 3. The van der Waals surface area contributed by atoms with E-state index in [1.807, 2.05) is 25.1 Å². The second kappa shape index (κ2) is 9.69. The van der Waals surface area contributed by atoms with Gasteiger partial charge in [-0.1, -0.05) is 29.8 Å².